The number of aryl methyl sites for hydroxylation is 1. The third-order valence-corrected chi connectivity index (χ3v) is 3.83. The molecule has 0 aromatic heterocycles. The second-order valence-corrected chi connectivity index (χ2v) is 7.93. The van der Waals surface area contributed by atoms with E-state index in [9.17, 15) is 8.42 Å². The highest BCUT2D eigenvalue weighted by Gasteiger charge is 2.12. The Hall–Kier alpha value is -0.830. The molecule has 0 heterocycles. The first kappa shape index (κ1) is 20.2. The van der Waals surface area contributed by atoms with Crippen LogP contribution in [0.25, 0.3) is 0 Å². The third-order valence-electron chi connectivity index (χ3n) is 2.59. The monoisotopic (exact) mass is 425 g/mol. The van der Waals surface area contributed by atoms with Gasteiger partial charge in [-0.15, -0.1) is 24.0 Å². The van der Waals surface area contributed by atoms with Gasteiger partial charge in [0.2, 0.25) is 0 Å². The zero-order chi connectivity index (χ0) is 15.6. The fourth-order valence-corrected chi connectivity index (χ4v) is 2.76. The van der Waals surface area contributed by atoms with E-state index < -0.39 is 9.84 Å². The summed E-state index contributed by atoms with van der Waals surface area (Å²) in [4.78, 5) is 4.56. The molecule has 0 amide bonds. The first-order chi connectivity index (χ1) is 8.99. The van der Waals surface area contributed by atoms with Crippen LogP contribution in [0.5, 0.6) is 0 Å². The number of nitrogens with zero attached hydrogens (tertiary/aromatic N) is 1. The standard InChI is InChI=1S/C14H23N3O2S.HI/c1-10-6-7-11(8-12(10)20(5,18)19)9-16-13(15)17-14(2,3)4;/h6-8H,9H2,1-5H3,(H3,15,16,17);1H. The quantitative estimate of drug-likeness (QED) is 0.442. The lowest BCUT2D eigenvalue weighted by atomic mass is 10.1. The molecule has 1 rings (SSSR count). The summed E-state index contributed by atoms with van der Waals surface area (Å²) < 4.78 is 23.3. The lowest BCUT2D eigenvalue weighted by Gasteiger charge is -2.21. The van der Waals surface area contributed by atoms with Crippen molar-refractivity contribution in [3.63, 3.8) is 0 Å². The molecule has 0 aliphatic heterocycles. The number of sulfone groups is 1. The van der Waals surface area contributed by atoms with Gasteiger partial charge in [-0.3, -0.25) is 0 Å². The Morgan fingerprint density at radius 1 is 1.33 bits per heavy atom. The zero-order valence-corrected chi connectivity index (χ0v) is 16.2. The van der Waals surface area contributed by atoms with Crippen molar-refractivity contribution < 1.29 is 8.42 Å². The summed E-state index contributed by atoms with van der Waals surface area (Å²) in [5.74, 6) is 0.346. The maximum atomic E-state index is 11.7. The summed E-state index contributed by atoms with van der Waals surface area (Å²) in [6.07, 6.45) is 1.21. The van der Waals surface area contributed by atoms with Gasteiger partial charge >= 0.3 is 0 Å². The van der Waals surface area contributed by atoms with Crippen molar-refractivity contribution in [1.82, 2.24) is 5.32 Å². The number of benzene rings is 1. The number of aliphatic imine (C=N–C) groups is 1. The molecular weight excluding hydrogens is 401 g/mol. The van der Waals surface area contributed by atoms with E-state index in [0.29, 0.717) is 17.4 Å². The van der Waals surface area contributed by atoms with Crippen molar-refractivity contribution >= 4 is 39.8 Å². The van der Waals surface area contributed by atoms with Crippen LogP contribution in [-0.2, 0) is 16.4 Å². The summed E-state index contributed by atoms with van der Waals surface area (Å²) >= 11 is 0. The molecule has 0 aliphatic carbocycles. The molecule has 0 unspecified atom stereocenters. The normalized spacial score (nSPS) is 12.7. The average Bonchev–Trinajstić information content (AvgIpc) is 2.24. The van der Waals surface area contributed by atoms with E-state index in [-0.39, 0.29) is 29.5 Å². The highest BCUT2D eigenvalue weighted by molar-refractivity contribution is 14.0. The lowest BCUT2D eigenvalue weighted by molar-refractivity contribution is 0.508. The van der Waals surface area contributed by atoms with Crippen molar-refractivity contribution in [2.45, 2.75) is 44.7 Å². The van der Waals surface area contributed by atoms with Gasteiger partial charge in [0.05, 0.1) is 11.4 Å². The summed E-state index contributed by atoms with van der Waals surface area (Å²) in [7, 11) is -3.22. The van der Waals surface area contributed by atoms with E-state index in [1.165, 1.54) is 6.26 Å². The van der Waals surface area contributed by atoms with Gasteiger partial charge in [-0.25, -0.2) is 13.4 Å². The molecule has 5 nitrogen and oxygen atoms in total. The summed E-state index contributed by atoms with van der Waals surface area (Å²) in [6.45, 7) is 8.09. The highest BCUT2D eigenvalue weighted by Crippen LogP contribution is 2.17. The molecule has 3 N–H and O–H groups in total. The number of nitrogens with two attached hydrogens (primary N) is 1. The zero-order valence-electron chi connectivity index (χ0n) is 13.1. The number of hydrogen-bond donors (Lipinski definition) is 2. The Morgan fingerprint density at radius 3 is 2.38 bits per heavy atom. The Morgan fingerprint density at radius 2 is 1.90 bits per heavy atom. The maximum Gasteiger partial charge on any atom is 0.189 e. The van der Waals surface area contributed by atoms with Crippen molar-refractivity contribution in [2.75, 3.05) is 6.26 Å². The molecule has 1 aromatic rings. The summed E-state index contributed by atoms with van der Waals surface area (Å²) in [5, 5.41) is 3.06. The Kier molecular flexibility index (Phi) is 7.14. The Bertz CT molecular complexity index is 620. The minimum atomic E-state index is -3.22. The van der Waals surface area contributed by atoms with Crippen LogP contribution in [0, 0.1) is 6.92 Å². The predicted octanol–water partition coefficient (Wildman–Crippen LogP) is 2.22. The molecule has 7 heteroatoms. The van der Waals surface area contributed by atoms with E-state index in [0.717, 1.165) is 11.1 Å². The largest absolute Gasteiger partial charge is 0.370 e. The smallest absolute Gasteiger partial charge is 0.189 e. The molecule has 0 aliphatic rings. The van der Waals surface area contributed by atoms with Crippen LogP contribution in [0.15, 0.2) is 28.1 Å². The van der Waals surface area contributed by atoms with Crippen LogP contribution in [-0.4, -0.2) is 26.2 Å². The van der Waals surface area contributed by atoms with Crippen LogP contribution in [0.2, 0.25) is 0 Å². The molecule has 0 bridgehead atoms. The molecule has 0 saturated heterocycles. The van der Waals surface area contributed by atoms with Crippen LogP contribution in [0.3, 0.4) is 0 Å². The van der Waals surface area contributed by atoms with Crippen LogP contribution >= 0.6 is 24.0 Å². The number of hydrogen-bond acceptors (Lipinski definition) is 3. The van der Waals surface area contributed by atoms with Gasteiger partial charge in [0.1, 0.15) is 0 Å². The minimum Gasteiger partial charge on any atom is -0.370 e. The van der Waals surface area contributed by atoms with Gasteiger partial charge in [-0.1, -0.05) is 12.1 Å². The van der Waals surface area contributed by atoms with Crippen molar-refractivity contribution in [3.05, 3.63) is 29.3 Å². The van der Waals surface area contributed by atoms with Gasteiger partial charge in [0.25, 0.3) is 0 Å². The predicted molar refractivity (Wildman–Crippen MR) is 97.9 cm³/mol. The first-order valence-corrected chi connectivity index (χ1v) is 8.26. The van der Waals surface area contributed by atoms with Crippen molar-refractivity contribution in [2.24, 2.45) is 10.7 Å². The number of guanidine groups is 1. The fourth-order valence-electron chi connectivity index (χ4n) is 1.74. The Labute approximate surface area is 144 Å². The van der Waals surface area contributed by atoms with Crippen LogP contribution in [0.4, 0.5) is 0 Å². The van der Waals surface area contributed by atoms with Crippen LogP contribution in [0.1, 0.15) is 31.9 Å². The highest BCUT2D eigenvalue weighted by atomic mass is 127. The molecule has 120 valence electrons. The van der Waals surface area contributed by atoms with Gasteiger partial charge < -0.3 is 11.1 Å². The molecule has 21 heavy (non-hydrogen) atoms. The SMILES string of the molecule is Cc1ccc(CN=C(N)NC(C)(C)C)cc1S(C)(=O)=O.I. The molecule has 0 saturated carbocycles. The number of rotatable bonds is 3. The van der Waals surface area contributed by atoms with Crippen molar-refractivity contribution in [1.29, 1.82) is 0 Å². The van der Waals surface area contributed by atoms with Crippen molar-refractivity contribution in [3.8, 4) is 0 Å². The summed E-state index contributed by atoms with van der Waals surface area (Å²) in [5.41, 5.74) is 7.18. The van der Waals surface area contributed by atoms with E-state index in [4.69, 9.17) is 5.73 Å². The molecule has 0 atom stereocenters. The third kappa shape index (κ3) is 7.12. The van der Waals surface area contributed by atoms with Gasteiger partial charge in [0.15, 0.2) is 15.8 Å². The fraction of sp³-hybridized carbons (Fsp3) is 0.500. The lowest BCUT2D eigenvalue weighted by Crippen LogP contribution is -2.44. The molecule has 0 spiro atoms. The summed E-state index contributed by atoms with van der Waals surface area (Å²) in [6, 6.07) is 5.30. The van der Waals surface area contributed by atoms with Crippen LogP contribution < -0.4 is 11.1 Å². The topological polar surface area (TPSA) is 84.5 Å². The van der Waals surface area contributed by atoms with E-state index in [2.05, 4.69) is 10.3 Å². The van der Waals surface area contributed by atoms with E-state index >= 15 is 0 Å². The Balaban J connectivity index is 0.00000400. The maximum absolute atomic E-state index is 11.7. The molecule has 0 radical (unpaired) electrons. The van der Waals surface area contributed by atoms with Gasteiger partial charge in [-0.2, -0.15) is 0 Å². The number of nitrogens with one attached hydrogen (secondary N) is 1. The second-order valence-electron chi connectivity index (χ2n) is 5.95. The average molecular weight is 425 g/mol. The van der Waals surface area contributed by atoms with Gasteiger partial charge in [0, 0.05) is 11.8 Å². The minimum absolute atomic E-state index is 0. The van der Waals surface area contributed by atoms with E-state index in [1.54, 1.807) is 19.1 Å². The molecule has 0 fully saturated rings. The molecule has 1 aromatic carbocycles. The number of halogens is 1. The molecular formula is C14H24IN3O2S. The second kappa shape index (κ2) is 7.44. The first-order valence-electron chi connectivity index (χ1n) is 6.37. The van der Waals surface area contributed by atoms with E-state index in [1.807, 2.05) is 26.8 Å². The van der Waals surface area contributed by atoms with Gasteiger partial charge in [-0.05, 0) is 44.9 Å².